The van der Waals surface area contributed by atoms with Gasteiger partial charge in [0.25, 0.3) is 0 Å². The molecular formula is C21H38N+. The molecule has 0 heterocycles. The molecule has 126 valence electrons. The molecule has 1 aromatic rings. The van der Waals surface area contributed by atoms with Crippen molar-refractivity contribution in [1.82, 2.24) is 0 Å². The number of unbranched alkanes of at least 4 members (excludes halogenated alkanes) is 7. The maximum atomic E-state index is 2.42. The zero-order valence-corrected chi connectivity index (χ0v) is 15.5. The highest BCUT2D eigenvalue weighted by Crippen LogP contribution is 2.19. The van der Waals surface area contributed by atoms with Crippen molar-refractivity contribution in [1.29, 1.82) is 0 Å². The first-order valence-electron chi connectivity index (χ1n) is 9.43. The van der Waals surface area contributed by atoms with Gasteiger partial charge in [-0.05, 0) is 19.8 Å². The minimum Gasteiger partial charge on any atom is -0.323 e. The molecule has 0 aromatic heterocycles. The molecule has 22 heavy (non-hydrogen) atoms. The molecule has 0 N–H and O–H groups in total. The molecule has 0 aliphatic rings. The highest BCUT2D eigenvalue weighted by Gasteiger charge is 2.23. The molecule has 0 radical (unpaired) electrons. The maximum absolute atomic E-state index is 2.42. The Bertz CT molecular complexity index is 369. The lowest BCUT2D eigenvalue weighted by molar-refractivity contribution is -0.926. The number of quaternary nitrogens is 1. The second-order valence-electron chi connectivity index (χ2n) is 7.53. The van der Waals surface area contributed by atoms with E-state index < -0.39 is 0 Å². The zero-order chi connectivity index (χ0) is 16.3. The van der Waals surface area contributed by atoms with Gasteiger partial charge in [0.1, 0.15) is 6.54 Å². The van der Waals surface area contributed by atoms with Gasteiger partial charge in [0.2, 0.25) is 0 Å². The fourth-order valence-electron chi connectivity index (χ4n) is 3.13. The molecule has 0 aliphatic heterocycles. The van der Waals surface area contributed by atoms with Crippen LogP contribution < -0.4 is 0 Å². The van der Waals surface area contributed by atoms with Crippen LogP contribution in [0.3, 0.4) is 0 Å². The molecule has 0 bridgehead atoms. The van der Waals surface area contributed by atoms with Gasteiger partial charge in [-0.1, -0.05) is 82.2 Å². The van der Waals surface area contributed by atoms with Gasteiger partial charge in [0, 0.05) is 5.56 Å². The van der Waals surface area contributed by atoms with Crippen molar-refractivity contribution in [2.45, 2.75) is 84.2 Å². The molecule has 0 saturated carbocycles. The summed E-state index contributed by atoms with van der Waals surface area (Å²) < 4.78 is 1.10. The van der Waals surface area contributed by atoms with Crippen LogP contribution in [0.4, 0.5) is 0 Å². The van der Waals surface area contributed by atoms with Gasteiger partial charge in [0.05, 0.1) is 20.1 Å². The van der Waals surface area contributed by atoms with E-state index in [1.54, 1.807) is 0 Å². The first kappa shape index (κ1) is 19.2. The Kier molecular flexibility index (Phi) is 9.47. The van der Waals surface area contributed by atoms with Crippen LogP contribution >= 0.6 is 0 Å². The molecule has 1 nitrogen and oxygen atoms in total. The van der Waals surface area contributed by atoms with Crippen LogP contribution in [0, 0.1) is 0 Å². The van der Waals surface area contributed by atoms with E-state index >= 15 is 0 Å². The lowest BCUT2D eigenvalue weighted by Gasteiger charge is -2.36. The van der Waals surface area contributed by atoms with Crippen molar-refractivity contribution < 1.29 is 4.48 Å². The third kappa shape index (κ3) is 7.98. The molecule has 0 amide bonds. The Hall–Kier alpha value is -0.820. The van der Waals surface area contributed by atoms with Crippen LogP contribution in [-0.2, 0) is 6.54 Å². The smallest absolute Gasteiger partial charge is 0.104 e. The molecule has 0 saturated heterocycles. The van der Waals surface area contributed by atoms with Crippen molar-refractivity contribution in [3.05, 3.63) is 35.9 Å². The molecule has 0 aliphatic carbocycles. The molecular weight excluding hydrogens is 266 g/mol. The molecule has 1 unspecified atom stereocenters. The monoisotopic (exact) mass is 304 g/mol. The summed E-state index contributed by atoms with van der Waals surface area (Å²) in [6.45, 7) is 5.85. The molecule has 1 rings (SSSR count). The SMILES string of the molecule is CCCCCCCCCCC(C)[N+](C)(C)Cc1ccccc1. The Morgan fingerprint density at radius 2 is 1.36 bits per heavy atom. The summed E-state index contributed by atoms with van der Waals surface area (Å²) in [6.07, 6.45) is 12.7. The van der Waals surface area contributed by atoms with Gasteiger partial charge in [0.15, 0.2) is 0 Å². The maximum Gasteiger partial charge on any atom is 0.104 e. The molecule has 1 atom stereocenters. The van der Waals surface area contributed by atoms with Crippen molar-refractivity contribution in [2.75, 3.05) is 14.1 Å². The Morgan fingerprint density at radius 3 is 1.95 bits per heavy atom. The molecule has 1 aromatic carbocycles. The summed E-state index contributed by atoms with van der Waals surface area (Å²) in [5.74, 6) is 0. The van der Waals surface area contributed by atoms with Crippen LogP contribution in [-0.4, -0.2) is 24.6 Å². The number of nitrogens with zero attached hydrogens (tertiary/aromatic N) is 1. The average molecular weight is 305 g/mol. The first-order valence-corrected chi connectivity index (χ1v) is 9.43. The second kappa shape index (κ2) is 10.8. The molecule has 0 spiro atoms. The summed E-state index contributed by atoms with van der Waals surface area (Å²) in [4.78, 5) is 0. The standard InChI is InChI=1S/C21H38N/c1-5-6-7-8-9-10-11-13-16-20(2)22(3,4)19-21-17-14-12-15-18-21/h12,14-15,17-18,20H,5-11,13,16,19H2,1-4H3/q+1. The van der Waals surface area contributed by atoms with Crippen LogP contribution in [0.1, 0.15) is 77.2 Å². The number of benzene rings is 1. The van der Waals surface area contributed by atoms with E-state index in [4.69, 9.17) is 0 Å². The minimum atomic E-state index is 0.736. The number of hydrogen-bond acceptors (Lipinski definition) is 0. The summed E-state index contributed by atoms with van der Waals surface area (Å²) in [5.41, 5.74) is 1.45. The van der Waals surface area contributed by atoms with Crippen LogP contribution in [0.15, 0.2) is 30.3 Å². The predicted molar refractivity (Wildman–Crippen MR) is 98.9 cm³/mol. The summed E-state index contributed by atoms with van der Waals surface area (Å²) in [7, 11) is 4.75. The average Bonchev–Trinajstić information content (AvgIpc) is 2.50. The fraction of sp³-hybridized carbons (Fsp3) is 0.714. The van der Waals surface area contributed by atoms with Crippen LogP contribution in [0.25, 0.3) is 0 Å². The van der Waals surface area contributed by atoms with Crippen LogP contribution in [0.2, 0.25) is 0 Å². The molecule has 0 fully saturated rings. The second-order valence-corrected chi connectivity index (χ2v) is 7.53. The number of rotatable bonds is 12. The van der Waals surface area contributed by atoms with E-state index in [1.807, 2.05) is 0 Å². The Morgan fingerprint density at radius 1 is 0.818 bits per heavy atom. The van der Waals surface area contributed by atoms with E-state index in [9.17, 15) is 0 Å². The van der Waals surface area contributed by atoms with Gasteiger partial charge >= 0.3 is 0 Å². The van der Waals surface area contributed by atoms with Gasteiger partial charge < -0.3 is 4.48 Å². The van der Waals surface area contributed by atoms with Gasteiger partial charge in [-0.3, -0.25) is 0 Å². The minimum absolute atomic E-state index is 0.736. The lowest BCUT2D eigenvalue weighted by atomic mass is 10.0. The highest BCUT2D eigenvalue weighted by molar-refractivity contribution is 5.13. The van der Waals surface area contributed by atoms with Crippen molar-refractivity contribution in [2.24, 2.45) is 0 Å². The van der Waals surface area contributed by atoms with Crippen molar-refractivity contribution in [3.8, 4) is 0 Å². The van der Waals surface area contributed by atoms with Crippen LogP contribution in [0.5, 0.6) is 0 Å². The first-order chi connectivity index (χ1) is 10.6. The van der Waals surface area contributed by atoms with E-state index in [2.05, 4.69) is 58.3 Å². The van der Waals surface area contributed by atoms with E-state index in [-0.39, 0.29) is 0 Å². The summed E-state index contributed by atoms with van der Waals surface area (Å²) in [6, 6.07) is 11.6. The molecule has 1 heteroatoms. The van der Waals surface area contributed by atoms with E-state index in [0.29, 0.717) is 0 Å². The van der Waals surface area contributed by atoms with E-state index in [0.717, 1.165) is 17.1 Å². The summed E-state index contributed by atoms with van der Waals surface area (Å²) in [5, 5.41) is 0. The highest BCUT2D eigenvalue weighted by atomic mass is 15.3. The third-order valence-electron chi connectivity index (χ3n) is 5.10. The topological polar surface area (TPSA) is 0 Å². The van der Waals surface area contributed by atoms with Gasteiger partial charge in [-0.15, -0.1) is 0 Å². The normalized spacial score (nSPS) is 13.3. The number of hydrogen-bond donors (Lipinski definition) is 0. The van der Waals surface area contributed by atoms with Gasteiger partial charge in [-0.2, -0.15) is 0 Å². The largest absolute Gasteiger partial charge is 0.323 e. The van der Waals surface area contributed by atoms with Crippen molar-refractivity contribution in [3.63, 3.8) is 0 Å². The Labute approximate surface area is 139 Å². The lowest BCUT2D eigenvalue weighted by Crippen LogP contribution is -2.46. The quantitative estimate of drug-likeness (QED) is 0.319. The predicted octanol–water partition coefficient (Wildman–Crippen LogP) is 6.18. The van der Waals surface area contributed by atoms with E-state index in [1.165, 1.54) is 63.4 Å². The summed E-state index contributed by atoms with van der Waals surface area (Å²) >= 11 is 0. The zero-order valence-electron chi connectivity index (χ0n) is 15.5. The van der Waals surface area contributed by atoms with Crippen molar-refractivity contribution >= 4 is 0 Å². The Balaban J connectivity index is 2.16. The third-order valence-corrected chi connectivity index (χ3v) is 5.10. The van der Waals surface area contributed by atoms with Gasteiger partial charge in [-0.25, -0.2) is 0 Å². The fourth-order valence-corrected chi connectivity index (χ4v) is 3.13.